The molecule has 10 aromatic rings. The van der Waals surface area contributed by atoms with Crippen molar-refractivity contribution in [3.8, 4) is 22.5 Å². The molecule has 0 atom stereocenters. The Kier molecular flexibility index (Phi) is 7.00. The average molecular weight is 670 g/mol. The molecule has 0 N–H and O–H groups in total. The molecular weight excluding hydrogens is 638 g/mol. The van der Waals surface area contributed by atoms with Gasteiger partial charge in [-0.1, -0.05) is 115 Å². The van der Waals surface area contributed by atoms with Crippen LogP contribution in [-0.4, -0.2) is 9.13 Å². The van der Waals surface area contributed by atoms with Gasteiger partial charge in [-0.05, 0) is 90.0 Å². The van der Waals surface area contributed by atoms with Gasteiger partial charge in [0, 0.05) is 38.6 Å². The maximum absolute atomic E-state index is 14.8. The summed E-state index contributed by atoms with van der Waals surface area (Å²) in [5.41, 5.74) is 11.7. The van der Waals surface area contributed by atoms with Crippen molar-refractivity contribution >= 4 is 60.7 Å². The fourth-order valence-corrected chi connectivity index (χ4v) is 7.99. The van der Waals surface area contributed by atoms with Gasteiger partial charge in [0.1, 0.15) is 5.82 Å². The van der Waals surface area contributed by atoms with E-state index in [0.717, 1.165) is 77.8 Å². The van der Waals surface area contributed by atoms with Crippen molar-refractivity contribution in [3.05, 3.63) is 200 Å². The van der Waals surface area contributed by atoms with Gasteiger partial charge in [0.25, 0.3) is 0 Å². The quantitative estimate of drug-likeness (QED) is 0.172. The third kappa shape index (κ3) is 4.73. The number of aromatic nitrogens is 2. The van der Waals surface area contributed by atoms with Crippen molar-refractivity contribution in [1.29, 1.82) is 0 Å². The van der Waals surface area contributed by atoms with E-state index in [0.29, 0.717) is 0 Å². The van der Waals surface area contributed by atoms with Gasteiger partial charge in [0.2, 0.25) is 0 Å². The summed E-state index contributed by atoms with van der Waals surface area (Å²) in [6, 6.07) is 67.0. The van der Waals surface area contributed by atoms with E-state index in [9.17, 15) is 4.39 Å². The molecule has 0 aliphatic carbocycles. The van der Waals surface area contributed by atoms with Crippen LogP contribution in [0, 0.1) is 5.82 Å². The fourth-order valence-electron chi connectivity index (χ4n) is 7.99. The summed E-state index contributed by atoms with van der Waals surface area (Å²) < 4.78 is 19.3. The van der Waals surface area contributed by atoms with E-state index >= 15 is 0 Å². The molecule has 2 heterocycles. The normalized spacial score (nSPS) is 11.6. The van der Waals surface area contributed by atoms with Crippen molar-refractivity contribution in [2.24, 2.45) is 0 Å². The number of halogens is 1. The zero-order valence-corrected chi connectivity index (χ0v) is 28.2. The first-order chi connectivity index (χ1) is 25.7. The summed E-state index contributed by atoms with van der Waals surface area (Å²) >= 11 is 0. The van der Waals surface area contributed by atoms with Gasteiger partial charge in [0.05, 0.1) is 33.4 Å². The van der Waals surface area contributed by atoms with Crippen molar-refractivity contribution in [1.82, 2.24) is 9.13 Å². The lowest BCUT2D eigenvalue weighted by molar-refractivity contribution is 0.627. The highest BCUT2D eigenvalue weighted by atomic mass is 19.1. The van der Waals surface area contributed by atoms with E-state index in [1.165, 1.54) is 11.5 Å². The van der Waals surface area contributed by atoms with Crippen LogP contribution in [0.15, 0.2) is 194 Å². The Balaban J connectivity index is 1.33. The number of para-hydroxylation sites is 3. The predicted octanol–water partition coefficient (Wildman–Crippen LogP) is 13.2. The second-order valence-electron chi connectivity index (χ2n) is 13.1. The summed E-state index contributed by atoms with van der Waals surface area (Å²) in [6.07, 6.45) is 0. The zero-order valence-electron chi connectivity index (χ0n) is 28.2. The summed E-state index contributed by atoms with van der Waals surface area (Å²) in [6.45, 7) is 0. The lowest BCUT2D eigenvalue weighted by atomic mass is 10.0. The molecule has 246 valence electrons. The second-order valence-corrected chi connectivity index (χ2v) is 13.1. The van der Waals surface area contributed by atoms with Crippen LogP contribution in [0.4, 0.5) is 21.5 Å². The Morgan fingerprint density at radius 1 is 0.365 bits per heavy atom. The molecule has 0 bridgehead atoms. The van der Waals surface area contributed by atoms with Gasteiger partial charge in [-0.15, -0.1) is 0 Å². The van der Waals surface area contributed by atoms with Gasteiger partial charge in [-0.25, -0.2) is 4.39 Å². The van der Waals surface area contributed by atoms with Gasteiger partial charge in [-0.3, -0.25) is 0 Å². The summed E-state index contributed by atoms with van der Waals surface area (Å²) in [4.78, 5) is 2.42. The highest BCUT2D eigenvalue weighted by Gasteiger charge is 2.25. The Morgan fingerprint density at radius 3 is 1.48 bits per heavy atom. The van der Waals surface area contributed by atoms with Crippen LogP contribution < -0.4 is 4.90 Å². The molecule has 52 heavy (non-hydrogen) atoms. The predicted molar refractivity (Wildman–Crippen MR) is 215 cm³/mol. The number of hydrogen-bond acceptors (Lipinski definition) is 1. The first-order valence-corrected chi connectivity index (χ1v) is 17.6. The van der Waals surface area contributed by atoms with Crippen molar-refractivity contribution in [3.63, 3.8) is 0 Å². The molecule has 0 aliphatic heterocycles. The number of fused-ring (bicyclic) bond motifs is 6. The topological polar surface area (TPSA) is 13.1 Å². The Hall–Kier alpha value is -6.91. The molecule has 0 amide bonds. The number of nitrogens with zero attached hydrogens (tertiary/aromatic N) is 3. The van der Waals surface area contributed by atoms with E-state index in [1.807, 2.05) is 6.07 Å². The van der Waals surface area contributed by atoms with E-state index in [2.05, 4.69) is 184 Å². The summed E-state index contributed by atoms with van der Waals surface area (Å²) in [5, 5.41) is 4.53. The molecule has 0 radical (unpaired) electrons. The highest BCUT2D eigenvalue weighted by Crippen LogP contribution is 2.48. The SMILES string of the molecule is Fc1cccc(-n2c3ccccc3c3c(N(c4cccc(-c5ccccc5)c4)c4cccc5c4c4ccccc4n5-c4ccccc4)cccc32)c1. The molecule has 3 nitrogen and oxygen atoms in total. The van der Waals surface area contributed by atoms with Gasteiger partial charge in [0.15, 0.2) is 0 Å². The van der Waals surface area contributed by atoms with Crippen LogP contribution in [0.5, 0.6) is 0 Å². The van der Waals surface area contributed by atoms with Crippen LogP contribution >= 0.6 is 0 Å². The molecule has 2 aromatic heterocycles. The summed E-state index contributed by atoms with van der Waals surface area (Å²) in [7, 11) is 0. The van der Waals surface area contributed by atoms with Crippen molar-refractivity contribution in [2.45, 2.75) is 0 Å². The van der Waals surface area contributed by atoms with Crippen LogP contribution in [0.1, 0.15) is 0 Å². The molecule has 10 rings (SSSR count). The molecule has 0 aliphatic rings. The van der Waals surface area contributed by atoms with Crippen LogP contribution in [-0.2, 0) is 0 Å². The molecule has 0 spiro atoms. The van der Waals surface area contributed by atoms with E-state index in [1.54, 1.807) is 12.1 Å². The number of hydrogen-bond donors (Lipinski definition) is 0. The number of benzene rings is 8. The molecule has 4 heteroatoms. The minimum absolute atomic E-state index is 0.263. The smallest absolute Gasteiger partial charge is 0.125 e. The Labute approximate surface area is 300 Å². The van der Waals surface area contributed by atoms with Gasteiger partial charge in [-0.2, -0.15) is 0 Å². The largest absolute Gasteiger partial charge is 0.309 e. The number of rotatable bonds is 6. The van der Waals surface area contributed by atoms with Crippen LogP contribution in [0.25, 0.3) is 66.1 Å². The second kappa shape index (κ2) is 12.1. The molecule has 0 unspecified atom stereocenters. The summed E-state index contributed by atoms with van der Waals surface area (Å²) in [5.74, 6) is -0.263. The number of anilines is 3. The van der Waals surface area contributed by atoms with Crippen molar-refractivity contribution < 1.29 is 4.39 Å². The van der Waals surface area contributed by atoms with E-state index in [4.69, 9.17) is 0 Å². The molecule has 0 saturated heterocycles. The molecule has 8 aromatic carbocycles. The maximum atomic E-state index is 14.8. The molecular formula is C48H32FN3. The van der Waals surface area contributed by atoms with Crippen molar-refractivity contribution in [2.75, 3.05) is 4.90 Å². The van der Waals surface area contributed by atoms with Crippen LogP contribution in [0.3, 0.4) is 0 Å². The Morgan fingerprint density at radius 2 is 0.846 bits per heavy atom. The third-order valence-corrected chi connectivity index (χ3v) is 10.1. The lowest BCUT2D eigenvalue weighted by Gasteiger charge is -2.28. The lowest BCUT2D eigenvalue weighted by Crippen LogP contribution is -2.11. The van der Waals surface area contributed by atoms with Crippen LogP contribution in [0.2, 0.25) is 0 Å². The molecule has 0 saturated carbocycles. The zero-order chi connectivity index (χ0) is 34.6. The average Bonchev–Trinajstić information content (AvgIpc) is 3.73. The maximum Gasteiger partial charge on any atom is 0.125 e. The molecule has 0 fully saturated rings. The first kappa shape index (κ1) is 30.0. The van der Waals surface area contributed by atoms with Gasteiger partial charge < -0.3 is 14.0 Å². The first-order valence-electron chi connectivity index (χ1n) is 17.6. The monoisotopic (exact) mass is 669 g/mol. The minimum Gasteiger partial charge on any atom is -0.309 e. The van der Waals surface area contributed by atoms with E-state index < -0.39 is 0 Å². The van der Waals surface area contributed by atoms with Gasteiger partial charge >= 0.3 is 0 Å². The fraction of sp³-hybridized carbons (Fsp3) is 0. The minimum atomic E-state index is -0.263. The third-order valence-electron chi connectivity index (χ3n) is 10.1. The standard InChI is InChI=1S/C48H32FN3/c49-35-18-12-22-38(32-35)51-42-26-10-8-24-40(42)48-44(51)28-14-30-46(48)52(37-21-11-17-34(31-37)33-15-3-1-4-16-33)45-29-13-27-43-47(45)39-23-7-9-25-41(39)50(43)36-19-5-2-6-20-36/h1-32H. The highest BCUT2D eigenvalue weighted by molar-refractivity contribution is 6.20. The van der Waals surface area contributed by atoms with E-state index in [-0.39, 0.29) is 5.82 Å². The Bertz CT molecular complexity index is 2920.